The van der Waals surface area contributed by atoms with Crippen molar-refractivity contribution in [2.45, 2.75) is 44.1 Å². The molecule has 3 atom stereocenters. The van der Waals surface area contributed by atoms with Crippen molar-refractivity contribution in [3.05, 3.63) is 39.9 Å². The number of benzene rings is 1. The number of hydrogen-bond donors (Lipinski definition) is 4. The van der Waals surface area contributed by atoms with Gasteiger partial charge in [0.05, 0.1) is 28.6 Å². The number of nitrogens with one attached hydrogen (secondary N) is 3. The van der Waals surface area contributed by atoms with Crippen LogP contribution in [0, 0.1) is 22.7 Å². The Morgan fingerprint density at radius 3 is 2.86 bits per heavy atom. The zero-order chi connectivity index (χ0) is 31.3. The first kappa shape index (κ1) is 32.0. The molecule has 0 radical (unpaired) electrons. The lowest BCUT2D eigenvalue weighted by Gasteiger charge is -2.43. The van der Waals surface area contributed by atoms with Gasteiger partial charge in [0.25, 0.3) is 0 Å². The van der Waals surface area contributed by atoms with Gasteiger partial charge in [-0.25, -0.2) is 15.2 Å². The van der Waals surface area contributed by atoms with Crippen molar-refractivity contribution in [2.75, 3.05) is 39.5 Å². The minimum absolute atomic E-state index is 0.0182. The maximum atomic E-state index is 14.1. The number of nitrogen functional groups attached to an aromatic ring is 1. The van der Waals surface area contributed by atoms with Crippen LogP contribution in [0.3, 0.4) is 0 Å². The van der Waals surface area contributed by atoms with E-state index in [0.717, 1.165) is 24.6 Å². The van der Waals surface area contributed by atoms with Gasteiger partial charge >= 0.3 is 12.2 Å². The van der Waals surface area contributed by atoms with Crippen LogP contribution in [-0.2, 0) is 19.1 Å². The molecule has 5 N–H and O–H groups in total. The highest BCUT2D eigenvalue weighted by Crippen LogP contribution is 2.47. The average Bonchev–Trinajstić information content (AvgIpc) is 3.12. The lowest BCUT2D eigenvalue weighted by Crippen LogP contribution is -2.58. The summed E-state index contributed by atoms with van der Waals surface area (Å²) in [5.41, 5.74) is 8.25. The molecule has 1 aromatic carbocycles. The highest BCUT2D eigenvalue weighted by Gasteiger charge is 2.42. The molecule has 2 aliphatic rings. The Hall–Kier alpha value is -3.93. The van der Waals surface area contributed by atoms with E-state index >= 15 is 0 Å². The van der Waals surface area contributed by atoms with E-state index < -0.39 is 17.8 Å². The third-order valence-corrected chi connectivity index (χ3v) is 7.97. The molecule has 2 aromatic rings. The van der Waals surface area contributed by atoms with Crippen LogP contribution in [0.4, 0.5) is 23.8 Å². The summed E-state index contributed by atoms with van der Waals surface area (Å²) in [6.45, 7) is 1.59. The number of halogens is 4. The summed E-state index contributed by atoms with van der Waals surface area (Å²) in [7, 11) is 3.73. The van der Waals surface area contributed by atoms with Gasteiger partial charge in [-0.2, -0.15) is 23.5 Å². The number of urea groups is 1. The van der Waals surface area contributed by atoms with Gasteiger partial charge < -0.3 is 26.1 Å². The number of hydrogen-bond acceptors (Lipinski definition) is 9. The SMILES string of the molecule is CN(C)CCc1cc2c(c(Cl)c1-c1nc(N)ccc1C(F)(F)F)OCC1C(CC#N)C(NC(=O)N/N=C\C=N)CCN1C2. The topological polar surface area (TPSA) is 156 Å². The lowest BCUT2D eigenvalue weighted by atomic mass is 9.82. The van der Waals surface area contributed by atoms with Crippen molar-refractivity contribution in [1.29, 1.82) is 10.7 Å². The molecule has 1 fully saturated rings. The molecule has 15 heteroatoms. The van der Waals surface area contributed by atoms with E-state index in [1.54, 1.807) is 0 Å². The summed E-state index contributed by atoms with van der Waals surface area (Å²) >= 11 is 6.93. The molecule has 1 saturated heterocycles. The molecular formula is C28H33ClF3N9O2. The summed E-state index contributed by atoms with van der Waals surface area (Å²) in [6.07, 6.45) is -1.59. The van der Waals surface area contributed by atoms with Crippen LogP contribution >= 0.6 is 11.6 Å². The molecule has 0 spiro atoms. The van der Waals surface area contributed by atoms with Crippen LogP contribution in [0.1, 0.15) is 29.5 Å². The monoisotopic (exact) mass is 619 g/mol. The third kappa shape index (κ3) is 7.35. The van der Waals surface area contributed by atoms with E-state index in [9.17, 15) is 23.2 Å². The van der Waals surface area contributed by atoms with Crippen LogP contribution in [-0.4, -0.2) is 79.1 Å². The average molecular weight is 620 g/mol. The predicted octanol–water partition coefficient (Wildman–Crippen LogP) is 3.91. The number of pyridine rings is 1. The van der Waals surface area contributed by atoms with E-state index in [4.69, 9.17) is 27.5 Å². The number of anilines is 1. The number of rotatable bonds is 8. The van der Waals surface area contributed by atoms with Gasteiger partial charge in [0, 0.05) is 61.4 Å². The zero-order valence-electron chi connectivity index (χ0n) is 23.7. The van der Waals surface area contributed by atoms with Gasteiger partial charge in [0.2, 0.25) is 0 Å². The maximum absolute atomic E-state index is 14.1. The molecule has 0 aliphatic carbocycles. The fourth-order valence-electron chi connectivity index (χ4n) is 5.64. The molecule has 3 unspecified atom stereocenters. The highest BCUT2D eigenvalue weighted by molar-refractivity contribution is 6.35. The van der Waals surface area contributed by atoms with Crippen LogP contribution in [0.2, 0.25) is 5.02 Å². The number of amides is 2. The van der Waals surface area contributed by atoms with Gasteiger partial charge in [-0.15, -0.1) is 0 Å². The number of ether oxygens (including phenoxy) is 1. The minimum atomic E-state index is -4.70. The Morgan fingerprint density at radius 1 is 1.42 bits per heavy atom. The van der Waals surface area contributed by atoms with Crippen LogP contribution in [0.25, 0.3) is 11.3 Å². The molecule has 230 valence electrons. The van der Waals surface area contributed by atoms with E-state index in [-0.39, 0.29) is 58.9 Å². The largest absolute Gasteiger partial charge is 0.490 e. The molecule has 1 aromatic heterocycles. The van der Waals surface area contributed by atoms with Gasteiger partial charge in [0.15, 0.2) is 0 Å². The number of aromatic nitrogens is 1. The van der Waals surface area contributed by atoms with Gasteiger partial charge in [-0.05, 0) is 50.7 Å². The Balaban J connectivity index is 1.74. The van der Waals surface area contributed by atoms with Crippen molar-refractivity contribution in [2.24, 2.45) is 11.0 Å². The fraction of sp³-hybridized carbons (Fsp3) is 0.464. The van der Waals surface area contributed by atoms with E-state index in [1.807, 2.05) is 25.1 Å². The van der Waals surface area contributed by atoms with Crippen molar-refractivity contribution < 1.29 is 22.7 Å². The quantitative estimate of drug-likeness (QED) is 0.258. The first-order valence-corrected chi connectivity index (χ1v) is 14.0. The molecular weight excluding hydrogens is 587 g/mol. The fourth-order valence-corrected chi connectivity index (χ4v) is 6.03. The first-order chi connectivity index (χ1) is 20.4. The minimum Gasteiger partial charge on any atom is -0.490 e. The number of alkyl halides is 3. The summed E-state index contributed by atoms with van der Waals surface area (Å²) in [4.78, 5) is 20.5. The highest BCUT2D eigenvalue weighted by atomic mass is 35.5. The summed E-state index contributed by atoms with van der Waals surface area (Å²) in [5.74, 6) is -0.128. The van der Waals surface area contributed by atoms with Gasteiger partial charge in [-0.1, -0.05) is 11.6 Å². The number of piperidine rings is 1. The van der Waals surface area contributed by atoms with Crippen molar-refractivity contribution in [3.8, 4) is 23.1 Å². The van der Waals surface area contributed by atoms with Gasteiger partial charge in [0.1, 0.15) is 18.2 Å². The van der Waals surface area contributed by atoms with Crippen LogP contribution in [0.15, 0.2) is 23.3 Å². The van der Waals surface area contributed by atoms with Gasteiger partial charge in [-0.3, -0.25) is 4.90 Å². The number of nitrogens with zero attached hydrogens (tertiary/aromatic N) is 5. The summed E-state index contributed by atoms with van der Waals surface area (Å²) < 4.78 is 48.6. The Labute approximate surface area is 252 Å². The Morgan fingerprint density at radius 2 is 2.19 bits per heavy atom. The van der Waals surface area contributed by atoms with E-state index in [1.165, 1.54) is 0 Å². The second-order valence-corrected chi connectivity index (χ2v) is 11.1. The second-order valence-electron chi connectivity index (χ2n) is 10.7. The smallest absolute Gasteiger partial charge is 0.418 e. The number of carbonyl (C=O) groups excluding carboxylic acids is 1. The molecule has 43 heavy (non-hydrogen) atoms. The molecule has 4 rings (SSSR count). The van der Waals surface area contributed by atoms with Crippen molar-refractivity contribution in [3.63, 3.8) is 0 Å². The van der Waals surface area contributed by atoms with E-state index in [0.29, 0.717) is 43.6 Å². The molecule has 11 nitrogen and oxygen atoms in total. The first-order valence-electron chi connectivity index (χ1n) is 13.6. The number of nitriles is 1. The van der Waals surface area contributed by atoms with Crippen LogP contribution in [0.5, 0.6) is 5.75 Å². The second kappa shape index (κ2) is 13.6. The molecule has 0 bridgehead atoms. The number of nitrogens with two attached hydrogens (primary N) is 1. The third-order valence-electron chi connectivity index (χ3n) is 7.61. The number of fused-ring (bicyclic) bond motifs is 2. The molecule has 3 heterocycles. The zero-order valence-corrected chi connectivity index (χ0v) is 24.5. The Kier molecular flexibility index (Phi) is 10.1. The summed E-state index contributed by atoms with van der Waals surface area (Å²) in [6, 6.07) is 4.82. The molecule has 0 saturated carbocycles. The van der Waals surface area contributed by atoms with Crippen LogP contribution < -0.4 is 21.2 Å². The molecule has 2 aliphatic heterocycles. The standard InChI is InChI=1S/C28H33ClF3N9O2/c1-40(2)11-6-16-13-17-14-41-12-7-20(37-27(42)39-36-10-9-34)18(5-8-33)21(41)15-43-26(17)24(29)23(16)25-19(28(30,31)32)3-4-22(35)38-25/h3-4,9-10,13,18,20-21,34H,5-7,11-12,14-15H2,1-2H3,(H2,35,38)(H2,37,39,42)/b34-9?,36-10-. The normalized spacial score (nSPS) is 20.5. The summed E-state index contributed by atoms with van der Waals surface area (Å²) in [5, 5.41) is 23.1. The number of likely N-dealkylation sites (N-methyl/N-ethyl adjacent to an activating group) is 1. The predicted molar refractivity (Wildman–Crippen MR) is 157 cm³/mol. The van der Waals surface area contributed by atoms with Crippen molar-refractivity contribution >= 4 is 35.9 Å². The van der Waals surface area contributed by atoms with E-state index in [2.05, 4.69) is 31.8 Å². The Bertz CT molecular complexity index is 1430. The maximum Gasteiger partial charge on any atom is 0.418 e. The van der Waals surface area contributed by atoms with Crippen molar-refractivity contribution in [1.82, 2.24) is 25.5 Å². The lowest BCUT2D eigenvalue weighted by molar-refractivity contribution is -0.137. The number of hydrazone groups is 1. The molecule has 2 amide bonds. The number of carbonyl (C=O) groups is 1.